The molecule has 0 aromatic heterocycles. The van der Waals surface area contributed by atoms with Crippen LogP contribution in [0.3, 0.4) is 0 Å². The van der Waals surface area contributed by atoms with Crippen LogP contribution in [0.5, 0.6) is 0 Å². The van der Waals surface area contributed by atoms with Gasteiger partial charge in [0.1, 0.15) is 0 Å². The number of hydrogen-bond acceptors (Lipinski definition) is 2. The van der Waals surface area contributed by atoms with E-state index in [2.05, 4.69) is 47.1 Å². The van der Waals surface area contributed by atoms with Gasteiger partial charge in [-0.1, -0.05) is 20.3 Å². The maximum atomic E-state index is 12.4. The lowest BCUT2D eigenvalue weighted by Gasteiger charge is -2.39. The number of ether oxygens (including phenoxy) is 1. The summed E-state index contributed by atoms with van der Waals surface area (Å²) < 4.78 is 5.88. The highest BCUT2D eigenvalue weighted by Crippen LogP contribution is 2.37. The van der Waals surface area contributed by atoms with Crippen LogP contribution in [0.2, 0.25) is 0 Å². The highest BCUT2D eigenvalue weighted by molar-refractivity contribution is 5.76. The van der Waals surface area contributed by atoms with E-state index in [0.717, 1.165) is 45.4 Å². The maximum absolute atomic E-state index is 12.4. The number of quaternary nitrogens is 1. The van der Waals surface area contributed by atoms with Crippen LogP contribution in [0, 0.1) is 17.8 Å². The molecule has 0 spiro atoms. The SMILES string of the molecule is CC(C)CC[C@@H](CC(=O)NCCC[NH+](C)C)[C@@H]1CCOC(C)(C)C1. The van der Waals surface area contributed by atoms with Crippen molar-refractivity contribution in [2.75, 3.05) is 33.8 Å². The van der Waals surface area contributed by atoms with Crippen molar-refractivity contribution in [3.8, 4) is 0 Å². The van der Waals surface area contributed by atoms with Gasteiger partial charge in [-0.2, -0.15) is 0 Å². The summed E-state index contributed by atoms with van der Waals surface area (Å²) in [6.07, 6.45) is 6.28. The Morgan fingerprint density at radius 3 is 2.58 bits per heavy atom. The molecule has 0 radical (unpaired) electrons. The van der Waals surface area contributed by atoms with Gasteiger partial charge in [-0.15, -0.1) is 0 Å². The fraction of sp³-hybridized carbons (Fsp3) is 0.950. The first-order chi connectivity index (χ1) is 11.2. The number of nitrogens with one attached hydrogen (secondary N) is 2. The van der Waals surface area contributed by atoms with E-state index in [1.54, 1.807) is 0 Å². The highest BCUT2D eigenvalue weighted by Gasteiger charge is 2.34. The third kappa shape index (κ3) is 9.03. The fourth-order valence-electron chi connectivity index (χ4n) is 3.71. The van der Waals surface area contributed by atoms with Gasteiger partial charge >= 0.3 is 0 Å². The molecule has 1 saturated heterocycles. The number of amides is 1. The van der Waals surface area contributed by atoms with E-state index in [1.165, 1.54) is 11.3 Å². The largest absolute Gasteiger partial charge is 0.376 e. The maximum Gasteiger partial charge on any atom is 0.220 e. The number of carbonyl (C=O) groups is 1. The minimum Gasteiger partial charge on any atom is -0.376 e. The summed E-state index contributed by atoms with van der Waals surface area (Å²) in [7, 11) is 4.30. The van der Waals surface area contributed by atoms with Gasteiger partial charge in [0.15, 0.2) is 0 Å². The Balaban J connectivity index is 2.50. The second-order valence-electron chi connectivity index (χ2n) is 8.96. The highest BCUT2D eigenvalue weighted by atomic mass is 16.5. The van der Waals surface area contributed by atoms with Gasteiger partial charge in [0.25, 0.3) is 0 Å². The van der Waals surface area contributed by atoms with Crippen molar-refractivity contribution in [3.05, 3.63) is 0 Å². The van der Waals surface area contributed by atoms with Crippen LogP contribution in [-0.4, -0.2) is 45.3 Å². The van der Waals surface area contributed by atoms with E-state index < -0.39 is 0 Å². The summed E-state index contributed by atoms with van der Waals surface area (Å²) in [6.45, 7) is 11.7. The van der Waals surface area contributed by atoms with Crippen molar-refractivity contribution >= 4 is 5.91 Å². The molecule has 2 N–H and O–H groups in total. The van der Waals surface area contributed by atoms with E-state index in [1.807, 2.05) is 0 Å². The summed E-state index contributed by atoms with van der Waals surface area (Å²) in [5.41, 5.74) is -0.0377. The van der Waals surface area contributed by atoms with E-state index in [0.29, 0.717) is 24.2 Å². The molecule has 2 atom stereocenters. The van der Waals surface area contributed by atoms with E-state index >= 15 is 0 Å². The Labute approximate surface area is 149 Å². The Morgan fingerprint density at radius 2 is 2.00 bits per heavy atom. The normalized spacial score (nSPS) is 21.9. The number of rotatable bonds is 10. The minimum atomic E-state index is -0.0377. The summed E-state index contributed by atoms with van der Waals surface area (Å²) in [4.78, 5) is 13.8. The summed E-state index contributed by atoms with van der Waals surface area (Å²) in [5.74, 6) is 2.05. The smallest absolute Gasteiger partial charge is 0.220 e. The van der Waals surface area contributed by atoms with Gasteiger partial charge in [0.05, 0.1) is 26.2 Å². The molecule has 4 nitrogen and oxygen atoms in total. The Hall–Kier alpha value is -0.610. The molecule has 0 unspecified atom stereocenters. The summed E-state index contributed by atoms with van der Waals surface area (Å²) >= 11 is 0. The first-order valence-electron chi connectivity index (χ1n) is 9.89. The van der Waals surface area contributed by atoms with E-state index in [4.69, 9.17) is 4.74 Å². The van der Waals surface area contributed by atoms with Crippen LogP contribution in [0.25, 0.3) is 0 Å². The molecule has 1 aliphatic heterocycles. The van der Waals surface area contributed by atoms with Crippen molar-refractivity contribution in [1.29, 1.82) is 0 Å². The minimum absolute atomic E-state index is 0.0377. The van der Waals surface area contributed by atoms with E-state index in [9.17, 15) is 4.79 Å². The van der Waals surface area contributed by atoms with E-state index in [-0.39, 0.29) is 11.5 Å². The lowest BCUT2D eigenvalue weighted by atomic mass is 9.75. The van der Waals surface area contributed by atoms with Crippen molar-refractivity contribution in [1.82, 2.24) is 5.32 Å². The molecule has 24 heavy (non-hydrogen) atoms. The number of hydrogen-bond donors (Lipinski definition) is 2. The van der Waals surface area contributed by atoms with Crippen LogP contribution < -0.4 is 10.2 Å². The van der Waals surface area contributed by atoms with Gasteiger partial charge in [-0.25, -0.2) is 0 Å². The van der Waals surface area contributed by atoms with Crippen molar-refractivity contribution < 1.29 is 14.4 Å². The van der Waals surface area contributed by atoms with Crippen LogP contribution in [0.1, 0.15) is 66.2 Å². The van der Waals surface area contributed by atoms with Crippen molar-refractivity contribution in [2.45, 2.75) is 71.8 Å². The lowest BCUT2D eigenvalue weighted by molar-refractivity contribution is -0.858. The third-order valence-corrected chi connectivity index (χ3v) is 5.14. The predicted molar refractivity (Wildman–Crippen MR) is 100 cm³/mol. The molecule has 142 valence electrons. The van der Waals surface area contributed by atoms with Gasteiger partial charge in [0, 0.05) is 26.0 Å². The molecular weight excluding hydrogens is 300 g/mol. The van der Waals surface area contributed by atoms with Crippen LogP contribution in [-0.2, 0) is 9.53 Å². The molecule has 0 bridgehead atoms. The molecule has 1 fully saturated rings. The van der Waals surface area contributed by atoms with Crippen molar-refractivity contribution in [3.63, 3.8) is 0 Å². The molecule has 1 amide bonds. The molecule has 0 saturated carbocycles. The average Bonchev–Trinajstić information content (AvgIpc) is 2.46. The zero-order chi connectivity index (χ0) is 18.2. The molecule has 1 rings (SSSR count). The second-order valence-corrected chi connectivity index (χ2v) is 8.96. The molecule has 1 heterocycles. The monoisotopic (exact) mass is 341 g/mol. The van der Waals surface area contributed by atoms with Gasteiger partial charge in [-0.3, -0.25) is 4.79 Å². The average molecular weight is 342 g/mol. The van der Waals surface area contributed by atoms with Crippen LogP contribution in [0.15, 0.2) is 0 Å². The topological polar surface area (TPSA) is 42.8 Å². The zero-order valence-electron chi connectivity index (χ0n) is 16.9. The molecular formula is C20H41N2O2+. The molecule has 0 aromatic carbocycles. The van der Waals surface area contributed by atoms with Crippen LogP contribution >= 0.6 is 0 Å². The second kappa shape index (κ2) is 10.4. The predicted octanol–water partition coefficient (Wildman–Crippen LogP) is 2.28. The summed E-state index contributed by atoms with van der Waals surface area (Å²) in [6, 6.07) is 0. The molecule has 0 aromatic rings. The third-order valence-electron chi connectivity index (χ3n) is 5.14. The lowest BCUT2D eigenvalue weighted by Crippen LogP contribution is -3.05. The molecule has 4 heteroatoms. The van der Waals surface area contributed by atoms with Gasteiger partial charge < -0.3 is 15.0 Å². The number of carbonyl (C=O) groups excluding carboxylic acids is 1. The fourth-order valence-corrected chi connectivity index (χ4v) is 3.71. The first kappa shape index (κ1) is 21.4. The van der Waals surface area contributed by atoms with Gasteiger partial charge in [0.2, 0.25) is 5.91 Å². The van der Waals surface area contributed by atoms with Crippen molar-refractivity contribution in [2.24, 2.45) is 17.8 Å². The zero-order valence-corrected chi connectivity index (χ0v) is 16.9. The van der Waals surface area contributed by atoms with Crippen LogP contribution in [0.4, 0.5) is 0 Å². The quantitative estimate of drug-likeness (QED) is 0.599. The standard InChI is InChI=1S/C20H40N2O2/c1-16(2)8-9-17(18-10-13-24-20(3,4)15-18)14-19(23)21-11-7-12-22(5)6/h16-18H,7-15H2,1-6H3,(H,21,23)/p+1/t17-,18+/m0/s1. The van der Waals surface area contributed by atoms with Gasteiger partial charge in [-0.05, 0) is 50.9 Å². The summed E-state index contributed by atoms with van der Waals surface area (Å²) in [5, 5.41) is 3.13. The first-order valence-corrected chi connectivity index (χ1v) is 9.89. The Bertz CT molecular complexity index is 367. The Kier molecular flexibility index (Phi) is 9.28. The molecule has 1 aliphatic rings. The Morgan fingerprint density at radius 1 is 1.29 bits per heavy atom. The molecule has 0 aliphatic carbocycles.